The standard InChI is InChI=1S/C21H24N2O3/c1-3-4-10-19-17(16-9-5-6-11-18(16)26-19)14-22(2)21(25)15-23-13-8-7-12-20(23)24/h5-9,11-13H,3-4,10,14-15H2,1-2H3. The van der Waals surface area contributed by atoms with E-state index in [4.69, 9.17) is 4.42 Å². The first-order valence-corrected chi connectivity index (χ1v) is 8.99. The molecule has 3 rings (SSSR count). The van der Waals surface area contributed by atoms with E-state index < -0.39 is 0 Å². The number of benzene rings is 1. The van der Waals surface area contributed by atoms with Gasteiger partial charge in [-0.2, -0.15) is 0 Å². The zero-order chi connectivity index (χ0) is 18.5. The third kappa shape index (κ3) is 3.87. The van der Waals surface area contributed by atoms with Crippen molar-refractivity contribution in [2.75, 3.05) is 7.05 Å². The van der Waals surface area contributed by atoms with E-state index in [9.17, 15) is 9.59 Å². The van der Waals surface area contributed by atoms with Crippen LogP contribution < -0.4 is 5.56 Å². The van der Waals surface area contributed by atoms with Gasteiger partial charge < -0.3 is 13.9 Å². The predicted molar refractivity (Wildman–Crippen MR) is 102 cm³/mol. The molecule has 0 spiro atoms. The lowest BCUT2D eigenvalue weighted by Crippen LogP contribution is -2.33. The number of likely N-dealkylation sites (N-methyl/N-ethyl adjacent to an activating group) is 1. The van der Waals surface area contributed by atoms with Crippen molar-refractivity contribution in [2.45, 2.75) is 39.3 Å². The topological polar surface area (TPSA) is 55.5 Å². The van der Waals surface area contributed by atoms with Crippen molar-refractivity contribution in [2.24, 2.45) is 0 Å². The van der Waals surface area contributed by atoms with E-state index in [0.717, 1.165) is 41.6 Å². The number of unbranched alkanes of at least 4 members (excludes halogenated alkanes) is 1. The Morgan fingerprint density at radius 3 is 2.69 bits per heavy atom. The maximum Gasteiger partial charge on any atom is 0.250 e. The Hall–Kier alpha value is -2.82. The Bertz CT molecular complexity index is 955. The van der Waals surface area contributed by atoms with Crippen LogP contribution in [0.1, 0.15) is 31.1 Å². The molecule has 26 heavy (non-hydrogen) atoms. The minimum atomic E-state index is -0.174. The highest BCUT2D eigenvalue weighted by Gasteiger charge is 2.18. The SMILES string of the molecule is CCCCc1oc2ccccc2c1CN(C)C(=O)Cn1ccccc1=O. The molecule has 1 amide bonds. The second-order valence-electron chi connectivity index (χ2n) is 6.52. The first-order chi connectivity index (χ1) is 12.6. The second kappa shape index (κ2) is 8.04. The number of aryl methyl sites for hydroxylation is 1. The molecule has 0 aliphatic rings. The van der Waals surface area contributed by atoms with E-state index >= 15 is 0 Å². The van der Waals surface area contributed by atoms with E-state index in [1.807, 2.05) is 24.3 Å². The summed E-state index contributed by atoms with van der Waals surface area (Å²) in [6.45, 7) is 2.66. The number of hydrogen-bond donors (Lipinski definition) is 0. The van der Waals surface area contributed by atoms with E-state index in [0.29, 0.717) is 6.54 Å². The van der Waals surface area contributed by atoms with Gasteiger partial charge >= 0.3 is 0 Å². The average Bonchev–Trinajstić information content (AvgIpc) is 2.99. The number of carbonyl (C=O) groups excluding carboxylic acids is 1. The molecular weight excluding hydrogens is 328 g/mol. The number of hydrogen-bond acceptors (Lipinski definition) is 3. The van der Waals surface area contributed by atoms with E-state index in [1.54, 1.807) is 30.3 Å². The molecule has 1 aromatic carbocycles. The fraction of sp³-hybridized carbons (Fsp3) is 0.333. The predicted octanol–water partition coefficient (Wildman–Crippen LogP) is 3.60. The van der Waals surface area contributed by atoms with Gasteiger partial charge in [0.1, 0.15) is 17.9 Å². The van der Waals surface area contributed by atoms with Crippen LogP contribution in [0.15, 0.2) is 57.9 Å². The number of furan rings is 1. The molecule has 2 aromatic heterocycles. The summed E-state index contributed by atoms with van der Waals surface area (Å²) in [4.78, 5) is 26.1. The number of aromatic nitrogens is 1. The Morgan fingerprint density at radius 1 is 1.15 bits per heavy atom. The number of fused-ring (bicyclic) bond motifs is 1. The van der Waals surface area contributed by atoms with Crippen molar-refractivity contribution in [3.63, 3.8) is 0 Å². The van der Waals surface area contributed by atoms with E-state index in [2.05, 4.69) is 6.92 Å². The molecular formula is C21H24N2O3. The van der Waals surface area contributed by atoms with Crippen molar-refractivity contribution in [3.8, 4) is 0 Å². The minimum Gasteiger partial charge on any atom is -0.461 e. The minimum absolute atomic E-state index is 0.0379. The molecule has 5 nitrogen and oxygen atoms in total. The molecule has 0 unspecified atom stereocenters. The largest absolute Gasteiger partial charge is 0.461 e. The van der Waals surface area contributed by atoms with Crippen LogP contribution in [0.2, 0.25) is 0 Å². The lowest BCUT2D eigenvalue weighted by molar-refractivity contribution is -0.131. The van der Waals surface area contributed by atoms with Crippen LogP contribution >= 0.6 is 0 Å². The van der Waals surface area contributed by atoms with Gasteiger partial charge in [-0.15, -0.1) is 0 Å². The summed E-state index contributed by atoms with van der Waals surface area (Å²) in [7, 11) is 1.77. The van der Waals surface area contributed by atoms with E-state index in [-0.39, 0.29) is 18.0 Å². The summed E-state index contributed by atoms with van der Waals surface area (Å²) in [5, 5.41) is 1.05. The molecule has 2 heterocycles. The maximum absolute atomic E-state index is 12.6. The fourth-order valence-electron chi connectivity index (χ4n) is 3.05. The van der Waals surface area contributed by atoms with Crippen LogP contribution in [0.5, 0.6) is 0 Å². The molecule has 0 bridgehead atoms. The monoisotopic (exact) mass is 352 g/mol. The lowest BCUT2D eigenvalue weighted by Gasteiger charge is -2.18. The highest BCUT2D eigenvalue weighted by Crippen LogP contribution is 2.28. The first-order valence-electron chi connectivity index (χ1n) is 8.99. The van der Waals surface area contributed by atoms with Gasteiger partial charge in [-0.25, -0.2) is 0 Å². The zero-order valence-electron chi connectivity index (χ0n) is 15.3. The third-order valence-corrected chi connectivity index (χ3v) is 4.56. The van der Waals surface area contributed by atoms with Gasteiger partial charge in [-0.05, 0) is 18.6 Å². The number of nitrogens with zero attached hydrogens (tertiary/aromatic N) is 2. The number of pyridine rings is 1. The molecule has 0 aliphatic heterocycles. The highest BCUT2D eigenvalue weighted by atomic mass is 16.3. The Kier molecular flexibility index (Phi) is 5.56. The highest BCUT2D eigenvalue weighted by molar-refractivity contribution is 5.83. The summed E-state index contributed by atoms with van der Waals surface area (Å²) < 4.78 is 7.45. The molecule has 0 saturated carbocycles. The van der Waals surface area contributed by atoms with Gasteiger partial charge in [0, 0.05) is 43.2 Å². The summed E-state index contributed by atoms with van der Waals surface area (Å²) in [6.07, 6.45) is 4.63. The lowest BCUT2D eigenvalue weighted by atomic mass is 10.1. The number of amides is 1. The molecule has 136 valence electrons. The maximum atomic E-state index is 12.6. The van der Waals surface area contributed by atoms with Crippen molar-refractivity contribution >= 4 is 16.9 Å². The van der Waals surface area contributed by atoms with Crippen LogP contribution in [-0.2, 0) is 24.3 Å². The van der Waals surface area contributed by atoms with Gasteiger partial charge in [0.15, 0.2) is 0 Å². The molecule has 0 atom stereocenters. The number of para-hydroxylation sites is 1. The zero-order valence-corrected chi connectivity index (χ0v) is 15.3. The summed E-state index contributed by atoms with van der Waals surface area (Å²) in [6, 6.07) is 12.8. The molecule has 5 heteroatoms. The van der Waals surface area contributed by atoms with Crippen molar-refractivity contribution in [1.29, 1.82) is 0 Å². The number of carbonyl (C=O) groups is 1. The van der Waals surface area contributed by atoms with Crippen LogP contribution in [0, 0.1) is 0 Å². The summed E-state index contributed by atoms with van der Waals surface area (Å²) in [5.41, 5.74) is 1.74. The molecule has 0 saturated heterocycles. The smallest absolute Gasteiger partial charge is 0.250 e. The summed E-state index contributed by atoms with van der Waals surface area (Å²) >= 11 is 0. The fourth-order valence-corrected chi connectivity index (χ4v) is 3.05. The normalized spacial score (nSPS) is 11.0. The van der Waals surface area contributed by atoms with Crippen LogP contribution in [0.3, 0.4) is 0 Å². The number of rotatable bonds is 7. The molecule has 3 aromatic rings. The quantitative estimate of drug-likeness (QED) is 0.653. The van der Waals surface area contributed by atoms with Crippen LogP contribution in [-0.4, -0.2) is 22.4 Å². The first kappa shape index (κ1) is 18.0. The Morgan fingerprint density at radius 2 is 1.92 bits per heavy atom. The van der Waals surface area contributed by atoms with Gasteiger partial charge in [-0.1, -0.05) is 37.6 Å². The van der Waals surface area contributed by atoms with Crippen molar-refractivity contribution < 1.29 is 9.21 Å². The van der Waals surface area contributed by atoms with Gasteiger partial charge in [0.25, 0.3) is 5.56 Å². The van der Waals surface area contributed by atoms with Crippen molar-refractivity contribution in [3.05, 3.63) is 70.3 Å². The van der Waals surface area contributed by atoms with E-state index in [1.165, 1.54) is 10.6 Å². The van der Waals surface area contributed by atoms with Gasteiger partial charge in [0.2, 0.25) is 5.91 Å². The summed E-state index contributed by atoms with van der Waals surface area (Å²) in [5.74, 6) is 0.842. The molecule has 0 aliphatic carbocycles. The molecule has 0 radical (unpaired) electrons. The Labute approximate surface area is 152 Å². The second-order valence-corrected chi connectivity index (χ2v) is 6.52. The van der Waals surface area contributed by atoms with Gasteiger partial charge in [-0.3, -0.25) is 9.59 Å². The van der Waals surface area contributed by atoms with Crippen LogP contribution in [0.25, 0.3) is 11.0 Å². The average molecular weight is 352 g/mol. The Balaban J connectivity index is 1.81. The third-order valence-electron chi connectivity index (χ3n) is 4.56. The van der Waals surface area contributed by atoms with Gasteiger partial charge in [0.05, 0.1) is 0 Å². The molecule has 0 fully saturated rings. The van der Waals surface area contributed by atoms with Crippen LogP contribution in [0.4, 0.5) is 0 Å². The molecule has 0 N–H and O–H groups in total. The van der Waals surface area contributed by atoms with Crippen molar-refractivity contribution in [1.82, 2.24) is 9.47 Å².